The Balaban J connectivity index is 2.24. The molecule has 0 spiro atoms. The number of benzene rings is 1. The quantitative estimate of drug-likeness (QED) is 0.801. The first-order valence-corrected chi connectivity index (χ1v) is 5.49. The summed E-state index contributed by atoms with van der Waals surface area (Å²) in [6, 6.07) is 5.59. The van der Waals surface area contributed by atoms with Gasteiger partial charge >= 0.3 is 0 Å². The minimum absolute atomic E-state index is 0.0935. The molecule has 0 atom stereocenters. The van der Waals surface area contributed by atoms with E-state index in [4.69, 9.17) is 0 Å². The highest BCUT2D eigenvalue weighted by molar-refractivity contribution is 5.92. The first kappa shape index (κ1) is 12.2. The largest absolute Gasteiger partial charge is 0.325 e. The second-order valence-electron chi connectivity index (χ2n) is 3.83. The molecule has 0 bridgehead atoms. The summed E-state index contributed by atoms with van der Waals surface area (Å²) in [5.41, 5.74) is 2.57. The molecule has 0 saturated carbocycles. The number of tetrazole rings is 1. The molecular weight excluding hydrogens is 232 g/mol. The summed E-state index contributed by atoms with van der Waals surface area (Å²) < 4.78 is 1.56. The number of likely N-dealkylation sites (N-methyl/N-ethyl adjacent to an activating group) is 1. The van der Waals surface area contributed by atoms with E-state index in [1.165, 1.54) is 6.33 Å². The highest BCUT2D eigenvalue weighted by atomic mass is 16.1. The van der Waals surface area contributed by atoms with E-state index in [0.717, 1.165) is 11.3 Å². The number of nitrogens with one attached hydrogen (secondary N) is 2. The lowest BCUT2D eigenvalue weighted by atomic mass is 10.2. The molecule has 7 heteroatoms. The van der Waals surface area contributed by atoms with E-state index >= 15 is 0 Å². The molecular formula is C11H14N6O. The van der Waals surface area contributed by atoms with Gasteiger partial charge in [0.15, 0.2) is 0 Å². The van der Waals surface area contributed by atoms with Gasteiger partial charge in [0.1, 0.15) is 6.33 Å². The standard InChI is InChI=1S/C11H14N6O/c1-8-3-4-9(14-11(18)6-12-2)5-10(8)17-7-13-15-16-17/h3-5,7,12H,6H2,1-2H3,(H,14,18). The Hall–Kier alpha value is -2.28. The smallest absolute Gasteiger partial charge is 0.238 e. The number of aromatic nitrogens is 4. The number of anilines is 1. The second-order valence-corrected chi connectivity index (χ2v) is 3.83. The maximum absolute atomic E-state index is 11.5. The Kier molecular flexibility index (Phi) is 3.63. The number of hydrogen-bond acceptors (Lipinski definition) is 5. The summed E-state index contributed by atoms with van der Waals surface area (Å²) in [6.45, 7) is 2.23. The van der Waals surface area contributed by atoms with Crippen LogP contribution in [0.4, 0.5) is 5.69 Å². The van der Waals surface area contributed by atoms with Crippen molar-refractivity contribution in [2.75, 3.05) is 18.9 Å². The molecule has 18 heavy (non-hydrogen) atoms. The Morgan fingerprint density at radius 2 is 2.28 bits per heavy atom. The van der Waals surface area contributed by atoms with Crippen molar-refractivity contribution in [3.63, 3.8) is 0 Å². The number of rotatable bonds is 4. The van der Waals surface area contributed by atoms with Crippen molar-refractivity contribution in [3.05, 3.63) is 30.1 Å². The van der Waals surface area contributed by atoms with Crippen molar-refractivity contribution in [3.8, 4) is 5.69 Å². The number of carbonyl (C=O) groups excluding carboxylic acids is 1. The Labute approximate surface area is 104 Å². The van der Waals surface area contributed by atoms with Crippen LogP contribution in [0.1, 0.15) is 5.56 Å². The molecule has 2 aromatic rings. The van der Waals surface area contributed by atoms with Crippen LogP contribution in [0, 0.1) is 6.92 Å². The molecule has 1 amide bonds. The van der Waals surface area contributed by atoms with Gasteiger partial charge in [0, 0.05) is 5.69 Å². The first-order chi connectivity index (χ1) is 8.70. The van der Waals surface area contributed by atoms with Gasteiger partial charge in [0.25, 0.3) is 0 Å². The fourth-order valence-corrected chi connectivity index (χ4v) is 1.57. The SMILES string of the molecule is CNCC(=O)Nc1ccc(C)c(-n2cnnn2)c1. The lowest BCUT2D eigenvalue weighted by molar-refractivity contribution is -0.115. The molecule has 0 fully saturated rings. The zero-order valence-electron chi connectivity index (χ0n) is 10.2. The molecule has 0 radical (unpaired) electrons. The number of carbonyl (C=O) groups is 1. The summed E-state index contributed by atoms with van der Waals surface area (Å²) in [5, 5.41) is 16.6. The van der Waals surface area contributed by atoms with Crippen molar-refractivity contribution in [1.29, 1.82) is 0 Å². The predicted octanol–water partition coefficient (Wildman–Crippen LogP) is 0.129. The van der Waals surface area contributed by atoms with Crippen LogP contribution in [-0.2, 0) is 4.79 Å². The van der Waals surface area contributed by atoms with Crippen LogP contribution in [0.3, 0.4) is 0 Å². The summed E-state index contributed by atoms with van der Waals surface area (Å²) in [7, 11) is 1.72. The molecule has 94 valence electrons. The second kappa shape index (κ2) is 5.37. The normalized spacial score (nSPS) is 10.3. The van der Waals surface area contributed by atoms with Gasteiger partial charge in [-0.3, -0.25) is 4.79 Å². The minimum atomic E-state index is -0.0935. The molecule has 1 aromatic carbocycles. The van der Waals surface area contributed by atoms with E-state index in [0.29, 0.717) is 5.69 Å². The van der Waals surface area contributed by atoms with Crippen LogP contribution in [0.25, 0.3) is 5.69 Å². The topological polar surface area (TPSA) is 84.7 Å². The monoisotopic (exact) mass is 246 g/mol. The first-order valence-electron chi connectivity index (χ1n) is 5.49. The van der Waals surface area contributed by atoms with Crippen LogP contribution in [0.5, 0.6) is 0 Å². The number of hydrogen-bond donors (Lipinski definition) is 2. The fourth-order valence-electron chi connectivity index (χ4n) is 1.57. The maximum Gasteiger partial charge on any atom is 0.238 e. The van der Waals surface area contributed by atoms with Gasteiger partial charge < -0.3 is 10.6 Å². The molecule has 2 rings (SSSR count). The van der Waals surface area contributed by atoms with Gasteiger partial charge in [-0.2, -0.15) is 0 Å². The average Bonchev–Trinajstić information content (AvgIpc) is 2.85. The van der Waals surface area contributed by atoms with Crippen LogP contribution in [0.15, 0.2) is 24.5 Å². The Bertz CT molecular complexity index is 536. The Morgan fingerprint density at radius 1 is 1.44 bits per heavy atom. The minimum Gasteiger partial charge on any atom is -0.325 e. The van der Waals surface area contributed by atoms with E-state index in [9.17, 15) is 4.79 Å². The fraction of sp³-hybridized carbons (Fsp3) is 0.273. The van der Waals surface area contributed by atoms with Gasteiger partial charge in [-0.1, -0.05) is 6.07 Å². The summed E-state index contributed by atoms with van der Waals surface area (Å²) in [4.78, 5) is 11.5. The van der Waals surface area contributed by atoms with Gasteiger partial charge in [-0.25, -0.2) is 4.68 Å². The molecule has 7 nitrogen and oxygen atoms in total. The predicted molar refractivity (Wildman–Crippen MR) is 66.4 cm³/mol. The van der Waals surface area contributed by atoms with E-state index in [1.54, 1.807) is 11.7 Å². The van der Waals surface area contributed by atoms with E-state index < -0.39 is 0 Å². The van der Waals surface area contributed by atoms with Crippen LogP contribution in [-0.4, -0.2) is 39.7 Å². The summed E-state index contributed by atoms with van der Waals surface area (Å²) in [5.74, 6) is -0.0935. The van der Waals surface area contributed by atoms with Crippen LogP contribution in [0.2, 0.25) is 0 Å². The number of nitrogens with zero attached hydrogens (tertiary/aromatic N) is 4. The zero-order valence-corrected chi connectivity index (χ0v) is 10.2. The van der Waals surface area contributed by atoms with Gasteiger partial charge in [0.2, 0.25) is 5.91 Å². The average molecular weight is 246 g/mol. The highest BCUT2D eigenvalue weighted by Gasteiger charge is 2.06. The van der Waals surface area contributed by atoms with Crippen molar-refractivity contribution < 1.29 is 4.79 Å². The van der Waals surface area contributed by atoms with Crippen LogP contribution >= 0.6 is 0 Å². The lowest BCUT2D eigenvalue weighted by Gasteiger charge is -2.09. The van der Waals surface area contributed by atoms with Gasteiger partial charge in [-0.05, 0) is 42.1 Å². The highest BCUT2D eigenvalue weighted by Crippen LogP contribution is 2.18. The van der Waals surface area contributed by atoms with Crippen molar-refractivity contribution in [1.82, 2.24) is 25.5 Å². The molecule has 0 saturated heterocycles. The number of aryl methyl sites for hydroxylation is 1. The van der Waals surface area contributed by atoms with Crippen LogP contribution < -0.4 is 10.6 Å². The van der Waals surface area contributed by atoms with E-state index in [1.807, 2.05) is 25.1 Å². The number of amides is 1. The molecule has 0 aliphatic heterocycles. The van der Waals surface area contributed by atoms with Crippen molar-refractivity contribution >= 4 is 11.6 Å². The van der Waals surface area contributed by atoms with Gasteiger partial charge in [-0.15, -0.1) is 5.10 Å². The summed E-state index contributed by atoms with van der Waals surface area (Å²) in [6.07, 6.45) is 1.52. The molecule has 1 heterocycles. The van der Waals surface area contributed by atoms with Crippen molar-refractivity contribution in [2.45, 2.75) is 6.92 Å². The third-order valence-corrected chi connectivity index (χ3v) is 2.43. The lowest BCUT2D eigenvalue weighted by Crippen LogP contribution is -2.25. The molecule has 0 aliphatic carbocycles. The summed E-state index contributed by atoms with van der Waals surface area (Å²) >= 11 is 0. The van der Waals surface area contributed by atoms with Crippen molar-refractivity contribution in [2.24, 2.45) is 0 Å². The molecule has 1 aromatic heterocycles. The third-order valence-electron chi connectivity index (χ3n) is 2.43. The van der Waals surface area contributed by atoms with E-state index in [2.05, 4.69) is 26.2 Å². The van der Waals surface area contributed by atoms with Gasteiger partial charge in [0.05, 0.1) is 12.2 Å². The zero-order chi connectivity index (χ0) is 13.0. The maximum atomic E-state index is 11.5. The molecule has 0 unspecified atom stereocenters. The molecule has 0 aliphatic rings. The van der Waals surface area contributed by atoms with E-state index in [-0.39, 0.29) is 12.5 Å². The third kappa shape index (κ3) is 2.69. The molecule has 2 N–H and O–H groups in total. The Morgan fingerprint density at radius 3 is 2.94 bits per heavy atom.